The highest BCUT2D eigenvalue weighted by Gasteiger charge is 2.21. The molecule has 1 fully saturated rings. The molecule has 0 aromatic carbocycles. The third kappa shape index (κ3) is 5.87. The molecule has 102 valence electrons. The van der Waals surface area contributed by atoms with Crippen LogP contribution in [-0.4, -0.2) is 37.1 Å². The van der Waals surface area contributed by atoms with Gasteiger partial charge in [-0.3, -0.25) is 0 Å². The van der Waals surface area contributed by atoms with Gasteiger partial charge >= 0.3 is 0 Å². The van der Waals surface area contributed by atoms with Crippen LogP contribution in [0.2, 0.25) is 0 Å². The van der Waals surface area contributed by atoms with Crippen molar-refractivity contribution < 1.29 is 0 Å². The molecule has 0 bridgehead atoms. The topological polar surface area (TPSA) is 15.3 Å². The van der Waals surface area contributed by atoms with E-state index >= 15 is 0 Å². The number of nitrogens with one attached hydrogen (secondary N) is 1. The molecule has 1 rings (SSSR count). The van der Waals surface area contributed by atoms with Gasteiger partial charge in [0.2, 0.25) is 0 Å². The number of hydrogen-bond acceptors (Lipinski definition) is 2. The van der Waals surface area contributed by atoms with Crippen molar-refractivity contribution in [2.75, 3.05) is 26.2 Å². The maximum atomic E-state index is 3.41. The second-order valence-corrected chi connectivity index (χ2v) is 5.61. The Kier molecular flexibility index (Phi) is 7.87. The minimum atomic E-state index is 0.788. The van der Waals surface area contributed by atoms with Crippen LogP contribution in [0.3, 0.4) is 0 Å². The predicted octanol–water partition coefficient (Wildman–Crippen LogP) is 3.28. The van der Waals surface area contributed by atoms with E-state index in [9.17, 15) is 0 Å². The zero-order valence-electron chi connectivity index (χ0n) is 12.2. The molecule has 0 radical (unpaired) electrons. The van der Waals surface area contributed by atoms with Crippen molar-refractivity contribution >= 4 is 0 Å². The van der Waals surface area contributed by atoms with Crippen LogP contribution in [0.5, 0.6) is 0 Å². The van der Waals surface area contributed by atoms with E-state index in [1.807, 2.05) is 0 Å². The lowest BCUT2D eigenvalue weighted by molar-refractivity contribution is 0.130. The van der Waals surface area contributed by atoms with E-state index in [1.165, 1.54) is 58.2 Å². The van der Waals surface area contributed by atoms with E-state index in [0.29, 0.717) is 0 Å². The standard InChI is InChI=1S/C15H32N2/c1-4-7-15-9-12-17(13-10-15)14(3)8-6-11-16-5-2/h14-16H,4-13H2,1-3H3. The van der Waals surface area contributed by atoms with Gasteiger partial charge in [0.05, 0.1) is 0 Å². The van der Waals surface area contributed by atoms with Crippen LogP contribution in [0.4, 0.5) is 0 Å². The summed E-state index contributed by atoms with van der Waals surface area (Å²) in [6.07, 6.45) is 8.36. The zero-order chi connectivity index (χ0) is 12.5. The minimum absolute atomic E-state index is 0.788. The molecule has 0 aromatic heterocycles. The second kappa shape index (κ2) is 8.93. The number of piperidine rings is 1. The first kappa shape index (κ1) is 15.0. The average molecular weight is 240 g/mol. The summed E-state index contributed by atoms with van der Waals surface area (Å²) in [4.78, 5) is 2.71. The molecule has 0 amide bonds. The largest absolute Gasteiger partial charge is 0.317 e. The van der Waals surface area contributed by atoms with Crippen LogP contribution >= 0.6 is 0 Å². The highest BCUT2D eigenvalue weighted by Crippen LogP contribution is 2.23. The van der Waals surface area contributed by atoms with Crippen LogP contribution < -0.4 is 5.32 Å². The molecule has 1 aliphatic heterocycles. The monoisotopic (exact) mass is 240 g/mol. The first-order valence-corrected chi connectivity index (χ1v) is 7.72. The highest BCUT2D eigenvalue weighted by molar-refractivity contribution is 4.76. The van der Waals surface area contributed by atoms with Gasteiger partial charge in [-0.15, -0.1) is 0 Å². The molecular formula is C15H32N2. The molecule has 0 aliphatic carbocycles. The fraction of sp³-hybridized carbons (Fsp3) is 1.00. The summed E-state index contributed by atoms with van der Waals surface area (Å²) in [5.74, 6) is 1.02. The molecule has 2 heteroatoms. The van der Waals surface area contributed by atoms with Gasteiger partial charge in [-0.1, -0.05) is 26.7 Å². The number of nitrogens with zero attached hydrogens (tertiary/aromatic N) is 1. The third-order valence-electron chi connectivity index (χ3n) is 4.19. The Hall–Kier alpha value is -0.0800. The zero-order valence-corrected chi connectivity index (χ0v) is 12.2. The molecule has 1 N–H and O–H groups in total. The Balaban J connectivity index is 2.10. The van der Waals surface area contributed by atoms with Crippen LogP contribution in [0, 0.1) is 5.92 Å². The summed E-state index contributed by atoms with van der Waals surface area (Å²) < 4.78 is 0. The van der Waals surface area contributed by atoms with Crippen molar-refractivity contribution in [3.05, 3.63) is 0 Å². The Labute approximate surface area is 108 Å². The Morgan fingerprint density at radius 3 is 2.53 bits per heavy atom. The third-order valence-corrected chi connectivity index (χ3v) is 4.19. The van der Waals surface area contributed by atoms with Crippen molar-refractivity contribution in [2.45, 2.75) is 65.3 Å². The van der Waals surface area contributed by atoms with Crippen LogP contribution in [-0.2, 0) is 0 Å². The average Bonchev–Trinajstić information content (AvgIpc) is 2.36. The molecule has 0 aromatic rings. The summed E-state index contributed by atoms with van der Waals surface area (Å²) >= 11 is 0. The van der Waals surface area contributed by atoms with Crippen molar-refractivity contribution in [1.82, 2.24) is 10.2 Å². The number of likely N-dealkylation sites (tertiary alicyclic amines) is 1. The Bertz CT molecular complexity index is 174. The van der Waals surface area contributed by atoms with Crippen LogP contribution in [0.1, 0.15) is 59.3 Å². The van der Waals surface area contributed by atoms with Crippen LogP contribution in [0.15, 0.2) is 0 Å². The fourth-order valence-corrected chi connectivity index (χ4v) is 2.97. The molecule has 17 heavy (non-hydrogen) atoms. The van der Waals surface area contributed by atoms with E-state index < -0.39 is 0 Å². The van der Waals surface area contributed by atoms with Gasteiger partial charge in [-0.25, -0.2) is 0 Å². The SMILES string of the molecule is CCCC1CCN(C(C)CCCNCC)CC1. The van der Waals surface area contributed by atoms with E-state index in [1.54, 1.807) is 0 Å². The van der Waals surface area contributed by atoms with E-state index in [-0.39, 0.29) is 0 Å². The van der Waals surface area contributed by atoms with Crippen molar-refractivity contribution in [3.8, 4) is 0 Å². The lowest BCUT2D eigenvalue weighted by Gasteiger charge is -2.36. The van der Waals surface area contributed by atoms with E-state index in [2.05, 4.69) is 31.0 Å². The molecular weight excluding hydrogens is 208 g/mol. The fourth-order valence-electron chi connectivity index (χ4n) is 2.97. The van der Waals surface area contributed by atoms with Crippen LogP contribution in [0.25, 0.3) is 0 Å². The smallest absolute Gasteiger partial charge is 0.00674 e. The van der Waals surface area contributed by atoms with Crippen molar-refractivity contribution in [2.24, 2.45) is 5.92 Å². The summed E-state index contributed by atoms with van der Waals surface area (Å²) in [7, 11) is 0. The lowest BCUT2D eigenvalue weighted by atomic mass is 9.91. The lowest BCUT2D eigenvalue weighted by Crippen LogP contribution is -2.40. The Morgan fingerprint density at radius 1 is 1.24 bits per heavy atom. The van der Waals surface area contributed by atoms with Gasteiger partial charge in [-0.2, -0.15) is 0 Å². The molecule has 2 nitrogen and oxygen atoms in total. The molecule has 0 spiro atoms. The molecule has 1 saturated heterocycles. The maximum absolute atomic E-state index is 3.41. The number of hydrogen-bond donors (Lipinski definition) is 1. The highest BCUT2D eigenvalue weighted by atomic mass is 15.2. The van der Waals surface area contributed by atoms with Gasteiger partial charge in [0.25, 0.3) is 0 Å². The summed E-state index contributed by atoms with van der Waals surface area (Å²) in [5.41, 5.74) is 0. The normalized spacial score (nSPS) is 20.6. The Morgan fingerprint density at radius 2 is 1.94 bits per heavy atom. The molecule has 1 heterocycles. The van der Waals surface area contributed by atoms with E-state index in [0.717, 1.165) is 18.5 Å². The molecule has 1 unspecified atom stereocenters. The van der Waals surface area contributed by atoms with E-state index in [4.69, 9.17) is 0 Å². The summed E-state index contributed by atoms with van der Waals surface area (Å²) in [6, 6.07) is 0.788. The minimum Gasteiger partial charge on any atom is -0.317 e. The van der Waals surface area contributed by atoms with Crippen molar-refractivity contribution in [1.29, 1.82) is 0 Å². The van der Waals surface area contributed by atoms with Gasteiger partial charge in [0.15, 0.2) is 0 Å². The maximum Gasteiger partial charge on any atom is 0.00674 e. The van der Waals surface area contributed by atoms with Gasteiger partial charge < -0.3 is 10.2 Å². The molecule has 1 aliphatic rings. The predicted molar refractivity (Wildman–Crippen MR) is 76.4 cm³/mol. The summed E-state index contributed by atoms with van der Waals surface area (Å²) in [6.45, 7) is 11.9. The van der Waals surface area contributed by atoms with Gasteiger partial charge in [0.1, 0.15) is 0 Å². The molecule has 0 saturated carbocycles. The second-order valence-electron chi connectivity index (χ2n) is 5.61. The molecule has 1 atom stereocenters. The number of rotatable bonds is 8. The first-order chi connectivity index (χ1) is 8.27. The van der Waals surface area contributed by atoms with Gasteiger partial charge in [-0.05, 0) is 64.7 Å². The van der Waals surface area contributed by atoms with Gasteiger partial charge in [0, 0.05) is 6.04 Å². The quantitative estimate of drug-likeness (QED) is 0.655. The summed E-state index contributed by atoms with van der Waals surface area (Å²) in [5, 5.41) is 3.41. The first-order valence-electron chi connectivity index (χ1n) is 7.72. The van der Waals surface area contributed by atoms with Crippen molar-refractivity contribution in [3.63, 3.8) is 0 Å².